The molecule has 0 atom stereocenters. The molecule has 2 aliphatic heterocycles. The lowest BCUT2D eigenvalue weighted by Crippen LogP contribution is -2.41. The van der Waals surface area contributed by atoms with E-state index in [1.54, 1.807) is 30.9 Å². The van der Waals surface area contributed by atoms with E-state index in [2.05, 4.69) is 14.9 Å². The molecule has 4 rings (SSSR count). The Kier molecular flexibility index (Phi) is 7.22. The summed E-state index contributed by atoms with van der Waals surface area (Å²) in [5, 5.41) is 0. The monoisotopic (exact) mass is 458 g/mol. The Morgan fingerprint density at radius 1 is 1.12 bits per heavy atom. The smallest absolute Gasteiger partial charge is 0.274 e. The minimum Gasteiger partial charge on any atom is -0.493 e. The Balaban J connectivity index is 1.31. The van der Waals surface area contributed by atoms with Gasteiger partial charge in [0.05, 0.1) is 24.7 Å². The number of carbonyl (C=O) groups is 1. The molecule has 0 N–H and O–H groups in total. The first-order valence-corrected chi connectivity index (χ1v) is 11.7. The molecular weight excluding hydrogens is 426 g/mol. The number of benzene rings is 1. The SMILES string of the molecule is CC(C)(F)CN1CCC(COc2ccc(-c3cnc(C(=O)N4CCCC4)cn3)c(F)c2)CC1. The maximum Gasteiger partial charge on any atom is 0.274 e. The predicted molar refractivity (Wildman–Crippen MR) is 122 cm³/mol. The number of rotatable bonds is 7. The van der Waals surface area contributed by atoms with Crippen molar-refractivity contribution in [2.24, 2.45) is 5.92 Å². The lowest BCUT2D eigenvalue weighted by atomic mass is 9.97. The molecule has 178 valence electrons. The van der Waals surface area contributed by atoms with Gasteiger partial charge < -0.3 is 14.5 Å². The molecule has 2 saturated heterocycles. The topological polar surface area (TPSA) is 58.6 Å². The predicted octanol–water partition coefficient (Wildman–Crippen LogP) is 4.36. The standard InChI is InChI=1S/C25H32F2N4O2/c1-25(2,27)17-30-11-7-18(8-12-30)16-33-19-5-6-20(21(26)13-19)22-14-29-23(15-28-22)24(32)31-9-3-4-10-31/h5-6,13-15,18H,3-4,7-12,16-17H2,1-2H3. The summed E-state index contributed by atoms with van der Waals surface area (Å²) in [6.07, 6.45) is 6.75. The van der Waals surface area contributed by atoms with E-state index in [0.29, 0.717) is 36.1 Å². The first-order valence-electron chi connectivity index (χ1n) is 11.7. The summed E-state index contributed by atoms with van der Waals surface area (Å²) in [6.45, 7) is 7.36. The third kappa shape index (κ3) is 6.25. The van der Waals surface area contributed by atoms with Gasteiger partial charge in [0, 0.05) is 31.3 Å². The van der Waals surface area contributed by atoms with Crippen molar-refractivity contribution in [1.82, 2.24) is 19.8 Å². The number of piperidine rings is 1. The van der Waals surface area contributed by atoms with Crippen LogP contribution < -0.4 is 4.74 Å². The van der Waals surface area contributed by atoms with Crippen LogP contribution >= 0.6 is 0 Å². The highest BCUT2D eigenvalue weighted by atomic mass is 19.1. The van der Waals surface area contributed by atoms with Crippen LogP contribution in [0.1, 0.15) is 50.0 Å². The van der Waals surface area contributed by atoms with Crippen LogP contribution in [0.4, 0.5) is 8.78 Å². The van der Waals surface area contributed by atoms with Crippen LogP contribution in [0.15, 0.2) is 30.6 Å². The number of nitrogens with zero attached hydrogens (tertiary/aromatic N) is 4. The van der Waals surface area contributed by atoms with E-state index in [0.717, 1.165) is 51.9 Å². The van der Waals surface area contributed by atoms with Crippen molar-refractivity contribution in [2.45, 2.75) is 45.2 Å². The molecule has 1 aromatic heterocycles. The molecule has 6 nitrogen and oxygen atoms in total. The van der Waals surface area contributed by atoms with Crippen LogP contribution in [-0.2, 0) is 0 Å². The largest absolute Gasteiger partial charge is 0.493 e. The summed E-state index contributed by atoms with van der Waals surface area (Å²) in [5.41, 5.74) is -0.212. The molecule has 0 radical (unpaired) electrons. The van der Waals surface area contributed by atoms with Crippen LogP contribution in [0.3, 0.4) is 0 Å². The van der Waals surface area contributed by atoms with Gasteiger partial charge in [-0.05, 0) is 70.7 Å². The van der Waals surface area contributed by atoms with Crippen molar-refractivity contribution < 1.29 is 18.3 Å². The summed E-state index contributed by atoms with van der Waals surface area (Å²) in [4.78, 5) is 24.8. The maximum absolute atomic E-state index is 14.7. The highest BCUT2D eigenvalue weighted by Crippen LogP contribution is 2.26. The Hall–Kier alpha value is -2.61. The lowest BCUT2D eigenvalue weighted by molar-refractivity contribution is 0.0786. The molecule has 0 saturated carbocycles. The summed E-state index contributed by atoms with van der Waals surface area (Å²) < 4.78 is 34.4. The molecule has 0 aliphatic carbocycles. The fourth-order valence-electron chi connectivity index (χ4n) is 4.51. The van der Waals surface area contributed by atoms with E-state index in [1.165, 1.54) is 18.5 Å². The Bertz CT molecular complexity index is 948. The fourth-order valence-corrected chi connectivity index (χ4v) is 4.51. The van der Waals surface area contributed by atoms with E-state index in [-0.39, 0.29) is 11.6 Å². The number of halogens is 2. The van der Waals surface area contributed by atoms with Crippen LogP contribution in [0.2, 0.25) is 0 Å². The van der Waals surface area contributed by atoms with Crippen LogP contribution in [0.25, 0.3) is 11.3 Å². The van der Waals surface area contributed by atoms with Gasteiger partial charge in [-0.25, -0.2) is 13.8 Å². The van der Waals surface area contributed by atoms with E-state index < -0.39 is 11.5 Å². The second kappa shape index (κ2) is 10.1. The first-order chi connectivity index (χ1) is 15.8. The second-order valence-corrected chi connectivity index (χ2v) is 9.68. The zero-order chi connectivity index (χ0) is 23.4. The summed E-state index contributed by atoms with van der Waals surface area (Å²) in [5.74, 6) is 0.269. The van der Waals surface area contributed by atoms with Crippen molar-refractivity contribution in [1.29, 1.82) is 0 Å². The molecule has 0 spiro atoms. The number of hydrogen-bond acceptors (Lipinski definition) is 5. The third-order valence-electron chi connectivity index (χ3n) is 6.27. The Labute approximate surface area is 194 Å². The summed E-state index contributed by atoms with van der Waals surface area (Å²) >= 11 is 0. The van der Waals surface area contributed by atoms with Gasteiger partial charge in [-0.2, -0.15) is 0 Å². The van der Waals surface area contributed by atoms with Gasteiger partial charge in [0.2, 0.25) is 0 Å². The Morgan fingerprint density at radius 2 is 1.85 bits per heavy atom. The van der Waals surface area contributed by atoms with Gasteiger partial charge in [0.15, 0.2) is 0 Å². The highest BCUT2D eigenvalue weighted by molar-refractivity contribution is 5.92. The zero-order valence-corrected chi connectivity index (χ0v) is 19.4. The molecule has 3 heterocycles. The van der Waals surface area contributed by atoms with Crippen LogP contribution in [-0.4, -0.2) is 70.7 Å². The Morgan fingerprint density at radius 3 is 2.45 bits per heavy atom. The van der Waals surface area contributed by atoms with E-state index in [9.17, 15) is 13.6 Å². The van der Waals surface area contributed by atoms with Crippen molar-refractivity contribution in [3.05, 3.63) is 42.1 Å². The van der Waals surface area contributed by atoms with Crippen molar-refractivity contribution in [2.75, 3.05) is 39.3 Å². The summed E-state index contributed by atoms with van der Waals surface area (Å²) in [7, 11) is 0. The molecule has 2 fully saturated rings. The van der Waals surface area contributed by atoms with Crippen LogP contribution in [0.5, 0.6) is 5.75 Å². The van der Waals surface area contributed by atoms with Gasteiger partial charge in [-0.15, -0.1) is 0 Å². The lowest BCUT2D eigenvalue weighted by Gasteiger charge is -2.34. The van der Waals surface area contributed by atoms with Gasteiger partial charge in [-0.3, -0.25) is 9.78 Å². The quantitative estimate of drug-likeness (QED) is 0.617. The molecule has 8 heteroatoms. The van der Waals surface area contributed by atoms with Gasteiger partial charge in [0.25, 0.3) is 5.91 Å². The van der Waals surface area contributed by atoms with Gasteiger partial charge >= 0.3 is 0 Å². The van der Waals surface area contributed by atoms with Crippen molar-refractivity contribution in [3.63, 3.8) is 0 Å². The number of amides is 1. The highest BCUT2D eigenvalue weighted by Gasteiger charge is 2.25. The zero-order valence-electron chi connectivity index (χ0n) is 19.4. The molecule has 2 aliphatic rings. The van der Waals surface area contributed by atoms with E-state index in [4.69, 9.17) is 4.74 Å². The van der Waals surface area contributed by atoms with Crippen LogP contribution in [0, 0.1) is 11.7 Å². The van der Waals surface area contributed by atoms with Crippen molar-refractivity contribution in [3.8, 4) is 17.0 Å². The molecule has 1 aromatic carbocycles. The van der Waals surface area contributed by atoms with E-state index in [1.807, 2.05) is 0 Å². The normalized spacial score (nSPS) is 18.0. The number of aromatic nitrogens is 2. The number of hydrogen-bond donors (Lipinski definition) is 0. The maximum atomic E-state index is 14.7. The molecule has 0 bridgehead atoms. The number of carbonyl (C=O) groups excluding carboxylic acids is 1. The average Bonchev–Trinajstić information content (AvgIpc) is 3.32. The summed E-state index contributed by atoms with van der Waals surface area (Å²) in [6, 6.07) is 4.72. The number of likely N-dealkylation sites (tertiary alicyclic amines) is 2. The first kappa shape index (κ1) is 23.5. The minimum absolute atomic E-state index is 0.130. The van der Waals surface area contributed by atoms with Crippen molar-refractivity contribution >= 4 is 5.91 Å². The minimum atomic E-state index is -1.18. The molecule has 2 aromatic rings. The average molecular weight is 459 g/mol. The third-order valence-corrected chi connectivity index (χ3v) is 6.27. The molecular formula is C25H32F2N4O2. The number of ether oxygens (including phenoxy) is 1. The van der Waals surface area contributed by atoms with Gasteiger partial charge in [-0.1, -0.05) is 0 Å². The van der Waals surface area contributed by atoms with E-state index >= 15 is 0 Å². The second-order valence-electron chi connectivity index (χ2n) is 9.68. The molecule has 1 amide bonds. The molecule has 33 heavy (non-hydrogen) atoms. The fraction of sp³-hybridized carbons (Fsp3) is 0.560. The number of alkyl halides is 1. The molecule has 0 unspecified atom stereocenters. The van der Waals surface area contributed by atoms with Gasteiger partial charge in [0.1, 0.15) is 22.9 Å².